The lowest BCUT2D eigenvalue weighted by Gasteiger charge is -2.12. The van der Waals surface area contributed by atoms with E-state index >= 15 is 0 Å². The summed E-state index contributed by atoms with van der Waals surface area (Å²) in [7, 11) is -3.05. The molecule has 1 aromatic carbocycles. The highest BCUT2D eigenvalue weighted by molar-refractivity contribution is 7.90. The molecular weight excluding hydrogens is 340 g/mol. The number of amides is 1. The van der Waals surface area contributed by atoms with Crippen molar-refractivity contribution in [3.8, 4) is 5.75 Å². The fraction of sp³-hybridized carbons (Fsp3) is 0.533. The minimum atomic E-state index is -3.05. The standard InChI is InChI=1S/C15H22N2O4S.ClH/c1-22(19,20)8-7-21-14-4-2-3-13(10-14)17-15(18)11-5-6-12(16)9-11;/h2-4,10-12H,5-9,16H2,1H3,(H,17,18);1H. The lowest BCUT2D eigenvalue weighted by molar-refractivity contribution is -0.119. The average Bonchev–Trinajstić information content (AvgIpc) is 2.84. The van der Waals surface area contributed by atoms with Crippen LogP contribution in [0.25, 0.3) is 0 Å². The Morgan fingerprint density at radius 2 is 2.13 bits per heavy atom. The van der Waals surface area contributed by atoms with Gasteiger partial charge in [-0.3, -0.25) is 4.79 Å². The molecule has 0 spiro atoms. The van der Waals surface area contributed by atoms with Crippen molar-refractivity contribution in [2.45, 2.75) is 25.3 Å². The predicted octanol–water partition coefficient (Wildman–Crippen LogP) is 1.60. The highest BCUT2D eigenvalue weighted by Gasteiger charge is 2.27. The minimum Gasteiger partial charge on any atom is -0.492 e. The normalized spacial score (nSPS) is 20.6. The molecule has 1 aliphatic rings. The predicted molar refractivity (Wildman–Crippen MR) is 92.8 cm³/mol. The zero-order valence-corrected chi connectivity index (χ0v) is 14.7. The maximum absolute atomic E-state index is 12.1. The third kappa shape index (κ3) is 6.76. The molecule has 1 fully saturated rings. The quantitative estimate of drug-likeness (QED) is 0.800. The van der Waals surface area contributed by atoms with Crippen LogP contribution in [0.4, 0.5) is 5.69 Å². The van der Waals surface area contributed by atoms with Gasteiger partial charge in [-0.15, -0.1) is 12.4 Å². The summed E-state index contributed by atoms with van der Waals surface area (Å²) in [6.45, 7) is 0.0910. The monoisotopic (exact) mass is 362 g/mol. The maximum atomic E-state index is 12.1. The van der Waals surface area contributed by atoms with E-state index in [1.54, 1.807) is 24.3 Å². The molecule has 2 atom stereocenters. The van der Waals surface area contributed by atoms with Crippen molar-refractivity contribution in [1.29, 1.82) is 0 Å². The van der Waals surface area contributed by atoms with Crippen LogP contribution in [0.3, 0.4) is 0 Å². The maximum Gasteiger partial charge on any atom is 0.227 e. The van der Waals surface area contributed by atoms with Gasteiger partial charge < -0.3 is 15.8 Å². The minimum absolute atomic E-state index is 0. The molecule has 0 heterocycles. The number of hydrogen-bond acceptors (Lipinski definition) is 5. The van der Waals surface area contributed by atoms with E-state index in [0.717, 1.165) is 19.3 Å². The average molecular weight is 363 g/mol. The third-order valence-corrected chi connectivity index (χ3v) is 4.58. The molecule has 0 radical (unpaired) electrons. The van der Waals surface area contributed by atoms with E-state index in [-0.39, 0.29) is 42.6 Å². The van der Waals surface area contributed by atoms with Crippen LogP contribution in [-0.4, -0.2) is 39.0 Å². The second-order valence-corrected chi connectivity index (χ2v) is 8.03. The van der Waals surface area contributed by atoms with Gasteiger partial charge in [-0.25, -0.2) is 8.42 Å². The zero-order valence-electron chi connectivity index (χ0n) is 13.0. The molecule has 0 saturated heterocycles. The molecule has 2 unspecified atom stereocenters. The largest absolute Gasteiger partial charge is 0.492 e. The van der Waals surface area contributed by atoms with Gasteiger partial charge in [0, 0.05) is 30.0 Å². The molecule has 1 amide bonds. The van der Waals surface area contributed by atoms with Crippen molar-refractivity contribution in [2.24, 2.45) is 11.7 Å². The molecule has 1 aromatic rings. The number of halogens is 1. The summed E-state index contributed by atoms with van der Waals surface area (Å²) >= 11 is 0. The summed E-state index contributed by atoms with van der Waals surface area (Å²) in [5.41, 5.74) is 6.46. The first-order chi connectivity index (χ1) is 10.3. The summed E-state index contributed by atoms with van der Waals surface area (Å²) in [4.78, 5) is 12.1. The van der Waals surface area contributed by atoms with Crippen molar-refractivity contribution >= 4 is 33.8 Å². The number of carbonyl (C=O) groups excluding carboxylic acids is 1. The molecule has 1 saturated carbocycles. The van der Waals surface area contributed by atoms with Gasteiger partial charge in [0.1, 0.15) is 12.4 Å². The van der Waals surface area contributed by atoms with E-state index < -0.39 is 9.84 Å². The van der Waals surface area contributed by atoms with Crippen molar-refractivity contribution in [3.63, 3.8) is 0 Å². The van der Waals surface area contributed by atoms with Gasteiger partial charge in [0.2, 0.25) is 5.91 Å². The SMILES string of the molecule is CS(=O)(=O)CCOc1cccc(NC(=O)C2CCC(N)C2)c1.Cl. The first-order valence-corrected chi connectivity index (χ1v) is 9.36. The molecule has 0 aromatic heterocycles. The summed E-state index contributed by atoms with van der Waals surface area (Å²) in [6.07, 6.45) is 3.58. The lowest BCUT2D eigenvalue weighted by Crippen LogP contribution is -2.23. The molecule has 1 aliphatic carbocycles. The zero-order chi connectivity index (χ0) is 16.2. The summed E-state index contributed by atoms with van der Waals surface area (Å²) in [5.74, 6) is 0.430. The topological polar surface area (TPSA) is 98.5 Å². The van der Waals surface area contributed by atoms with E-state index in [4.69, 9.17) is 10.5 Å². The summed E-state index contributed by atoms with van der Waals surface area (Å²) < 4.78 is 27.5. The van der Waals surface area contributed by atoms with Crippen molar-refractivity contribution in [1.82, 2.24) is 0 Å². The van der Waals surface area contributed by atoms with E-state index in [1.807, 2.05) is 0 Å². The van der Waals surface area contributed by atoms with E-state index in [9.17, 15) is 13.2 Å². The fourth-order valence-electron chi connectivity index (χ4n) is 2.47. The molecule has 6 nitrogen and oxygen atoms in total. The number of nitrogens with two attached hydrogens (primary N) is 1. The number of sulfone groups is 1. The highest BCUT2D eigenvalue weighted by Crippen LogP contribution is 2.26. The van der Waals surface area contributed by atoms with Crippen LogP contribution in [0, 0.1) is 5.92 Å². The lowest BCUT2D eigenvalue weighted by atomic mass is 10.1. The molecule has 23 heavy (non-hydrogen) atoms. The Balaban J connectivity index is 0.00000264. The van der Waals surface area contributed by atoms with Crippen LogP contribution in [0.2, 0.25) is 0 Å². The van der Waals surface area contributed by atoms with Gasteiger partial charge in [0.25, 0.3) is 0 Å². The third-order valence-electron chi connectivity index (χ3n) is 3.67. The second-order valence-electron chi connectivity index (χ2n) is 5.77. The van der Waals surface area contributed by atoms with Crippen molar-refractivity contribution < 1.29 is 17.9 Å². The number of rotatable bonds is 6. The highest BCUT2D eigenvalue weighted by atomic mass is 35.5. The smallest absolute Gasteiger partial charge is 0.227 e. The molecule has 0 aliphatic heterocycles. The van der Waals surface area contributed by atoms with Crippen LogP contribution in [0.15, 0.2) is 24.3 Å². The van der Waals surface area contributed by atoms with Crippen LogP contribution in [-0.2, 0) is 14.6 Å². The Morgan fingerprint density at radius 1 is 1.39 bits per heavy atom. The number of anilines is 1. The van der Waals surface area contributed by atoms with Gasteiger partial charge in [0.15, 0.2) is 9.84 Å². The Bertz CT molecular complexity index is 636. The van der Waals surface area contributed by atoms with Gasteiger partial charge >= 0.3 is 0 Å². The number of hydrogen-bond donors (Lipinski definition) is 2. The van der Waals surface area contributed by atoms with Gasteiger partial charge in [-0.1, -0.05) is 6.07 Å². The van der Waals surface area contributed by atoms with Crippen LogP contribution in [0.5, 0.6) is 5.75 Å². The van der Waals surface area contributed by atoms with E-state index in [1.165, 1.54) is 6.26 Å². The molecule has 3 N–H and O–H groups in total. The van der Waals surface area contributed by atoms with Crippen molar-refractivity contribution in [3.05, 3.63) is 24.3 Å². The van der Waals surface area contributed by atoms with Gasteiger partial charge in [-0.05, 0) is 31.4 Å². The summed E-state index contributed by atoms with van der Waals surface area (Å²) in [5, 5.41) is 2.86. The van der Waals surface area contributed by atoms with Gasteiger partial charge in [-0.2, -0.15) is 0 Å². The first-order valence-electron chi connectivity index (χ1n) is 7.30. The van der Waals surface area contributed by atoms with Crippen LogP contribution in [0.1, 0.15) is 19.3 Å². The number of nitrogens with one attached hydrogen (secondary N) is 1. The first kappa shape index (κ1) is 19.7. The molecule has 2 rings (SSSR count). The fourth-order valence-corrected chi connectivity index (χ4v) is 2.86. The van der Waals surface area contributed by atoms with Gasteiger partial charge in [0.05, 0.1) is 5.75 Å². The Morgan fingerprint density at radius 3 is 2.74 bits per heavy atom. The molecule has 0 bridgehead atoms. The molecule has 8 heteroatoms. The number of carbonyl (C=O) groups is 1. The van der Waals surface area contributed by atoms with Crippen LogP contribution < -0.4 is 15.8 Å². The Hall–Kier alpha value is -1.31. The number of ether oxygens (including phenoxy) is 1. The summed E-state index contributed by atoms with van der Waals surface area (Å²) in [6, 6.07) is 7.06. The van der Waals surface area contributed by atoms with E-state index in [2.05, 4.69) is 5.32 Å². The Labute approximate surface area is 143 Å². The van der Waals surface area contributed by atoms with Crippen LogP contribution >= 0.6 is 12.4 Å². The Kier molecular flexibility index (Phi) is 7.31. The molecular formula is C15H23ClN2O4S. The second kappa shape index (κ2) is 8.52. The van der Waals surface area contributed by atoms with E-state index in [0.29, 0.717) is 11.4 Å². The molecule has 130 valence electrons. The number of benzene rings is 1. The van der Waals surface area contributed by atoms with Crippen molar-refractivity contribution in [2.75, 3.05) is 23.9 Å².